The lowest BCUT2D eigenvalue weighted by Crippen LogP contribution is -2.30. The fourth-order valence-electron chi connectivity index (χ4n) is 1.62. The lowest BCUT2D eigenvalue weighted by Gasteiger charge is -2.20. The predicted octanol–water partition coefficient (Wildman–Crippen LogP) is 3.59. The van der Waals surface area contributed by atoms with Crippen LogP contribution in [0.2, 0.25) is 0 Å². The Morgan fingerprint density at radius 3 is 2.39 bits per heavy atom. The highest BCUT2D eigenvalue weighted by Crippen LogP contribution is 2.20. The van der Waals surface area contributed by atoms with Crippen molar-refractivity contribution >= 4 is 23.2 Å². The molecular weight excluding hydrogens is 246 g/mol. The van der Waals surface area contributed by atoms with Crippen LogP contribution in [-0.4, -0.2) is 31.6 Å². The van der Waals surface area contributed by atoms with Gasteiger partial charge in [0.15, 0.2) is 0 Å². The predicted molar refractivity (Wildman–Crippen MR) is 79.8 cm³/mol. The number of rotatable bonds is 4. The number of fused-ring (bicyclic) bond motifs is 1. The minimum absolute atomic E-state index is 0. The van der Waals surface area contributed by atoms with E-state index in [1.54, 1.807) is 0 Å². The van der Waals surface area contributed by atoms with E-state index in [1.807, 2.05) is 6.07 Å². The number of likely N-dealkylation sites (N-methyl/N-ethyl adjacent to an activating group) is 1. The Kier molecular flexibility index (Phi) is 5.45. The minimum Gasteiger partial charge on any atom is -0.492 e. The van der Waals surface area contributed by atoms with Crippen molar-refractivity contribution in [3.63, 3.8) is 0 Å². The molecule has 0 aliphatic carbocycles. The van der Waals surface area contributed by atoms with Gasteiger partial charge in [0.2, 0.25) is 0 Å². The second-order valence-electron chi connectivity index (χ2n) is 4.63. The van der Waals surface area contributed by atoms with Crippen LogP contribution >= 0.6 is 12.4 Å². The summed E-state index contributed by atoms with van der Waals surface area (Å²) in [5.41, 5.74) is 0. The molecule has 0 radical (unpaired) electrons. The van der Waals surface area contributed by atoms with Gasteiger partial charge < -0.3 is 9.64 Å². The Morgan fingerprint density at radius 1 is 1.06 bits per heavy atom. The average molecular weight is 266 g/mol. The molecule has 0 bridgehead atoms. The third-order valence-electron chi connectivity index (χ3n) is 3.09. The number of hydrogen-bond donors (Lipinski definition) is 0. The molecule has 3 heteroatoms. The first-order valence-corrected chi connectivity index (χ1v) is 5.95. The van der Waals surface area contributed by atoms with Gasteiger partial charge in [0.05, 0.1) is 0 Å². The van der Waals surface area contributed by atoms with Gasteiger partial charge in [0.1, 0.15) is 12.4 Å². The van der Waals surface area contributed by atoms with E-state index in [0.717, 1.165) is 5.75 Å². The first-order chi connectivity index (χ1) is 8.16. The van der Waals surface area contributed by atoms with Crippen LogP contribution in [-0.2, 0) is 0 Å². The van der Waals surface area contributed by atoms with Crippen molar-refractivity contribution in [1.29, 1.82) is 0 Å². The standard InChI is InChI=1S/C15H19NO.ClH/c1-12(16(2)3)11-17-15-9-8-13-6-4-5-7-14(13)10-15;/h4-10,12H,11H2,1-3H3;1H. The van der Waals surface area contributed by atoms with Crippen molar-refractivity contribution in [1.82, 2.24) is 4.90 Å². The van der Waals surface area contributed by atoms with E-state index in [-0.39, 0.29) is 12.4 Å². The number of nitrogens with zero attached hydrogens (tertiary/aromatic N) is 1. The normalized spacial score (nSPS) is 12.2. The van der Waals surface area contributed by atoms with Crippen molar-refractivity contribution in [2.24, 2.45) is 0 Å². The molecule has 2 nitrogen and oxygen atoms in total. The maximum Gasteiger partial charge on any atom is 0.120 e. The maximum absolute atomic E-state index is 5.80. The van der Waals surface area contributed by atoms with Gasteiger partial charge in [0.25, 0.3) is 0 Å². The van der Waals surface area contributed by atoms with Crippen molar-refractivity contribution in [2.75, 3.05) is 20.7 Å². The largest absolute Gasteiger partial charge is 0.492 e. The van der Waals surface area contributed by atoms with Crippen LogP contribution in [0.15, 0.2) is 42.5 Å². The van der Waals surface area contributed by atoms with E-state index in [0.29, 0.717) is 12.6 Å². The molecule has 2 rings (SSSR count). The third-order valence-corrected chi connectivity index (χ3v) is 3.09. The highest BCUT2D eigenvalue weighted by atomic mass is 35.5. The van der Waals surface area contributed by atoms with Crippen molar-refractivity contribution in [3.05, 3.63) is 42.5 Å². The van der Waals surface area contributed by atoms with Gasteiger partial charge >= 0.3 is 0 Å². The third kappa shape index (κ3) is 3.62. The molecule has 1 unspecified atom stereocenters. The fraction of sp³-hybridized carbons (Fsp3) is 0.333. The molecular formula is C15H20ClNO. The highest BCUT2D eigenvalue weighted by Gasteiger charge is 2.05. The van der Waals surface area contributed by atoms with Gasteiger partial charge in [-0.1, -0.05) is 30.3 Å². The van der Waals surface area contributed by atoms with E-state index in [4.69, 9.17) is 4.74 Å². The smallest absolute Gasteiger partial charge is 0.120 e. The first kappa shape index (κ1) is 14.8. The monoisotopic (exact) mass is 265 g/mol. The van der Waals surface area contributed by atoms with E-state index < -0.39 is 0 Å². The van der Waals surface area contributed by atoms with Crippen LogP contribution in [0, 0.1) is 0 Å². The molecule has 0 N–H and O–H groups in total. The van der Waals surface area contributed by atoms with Crippen LogP contribution in [0.5, 0.6) is 5.75 Å². The Bertz CT molecular complexity index is 499. The van der Waals surface area contributed by atoms with Crippen LogP contribution < -0.4 is 4.74 Å². The lowest BCUT2D eigenvalue weighted by atomic mass is 10.1. The zero-order valence-corrected chi connectivity index (χ0v) is 11.9. The molecule has 98 valence electrons. The molecule has 0 fully saturated rings. The zero-order chi connectivity index (χ0) is 12.3. The summed E-state index contributed by atoms with van der Waals surface area (Å²) in [4.78, 5) is 2.15. The molecule has 0 aliphatic heterocycles. The number of halogens is 1. The quantitative estimate of drug-likeness (QED) is 0.838. The number of ether oxygens (including phenoxy) is 1. The molecule has 2 aromatic rings. The summed E-state index contributed by atoms with van der Waals surface area (Å²) in [6.45, 7) is 2.87. The van der Waals surface area contributed by atoms with Gasteiger partial charge in [-0.2, -0.15) is 0 Å². The topological polar surface area (TPSA) is 12.5 Å². The van der Waals surface area contributed by atoms with E-state index in [2.05, 4.69) is 62.3 Å². The summed E-state index contributed by atoms with van der Waals surface area (Å²) in [5.74, 6) is 0.942. The van der Waals surface area contributed by atoms with E-state index in [1.165, 1.54) is 10.8 Å². The number of benzene rings is 2. The average Bonchev–Trinajstić information content (AvgIpc) is 2.35. The summed E-state index contributed by atoms with van der Waals surface area (Å²) in [6, 6.07) is 15.0. The summed E-state index contributed by atoms with van der Waals surface area (Å²) in [6.07, 6.45) is 0. The van der Waals surface area contributed by atoms with Gasteiger partial charge in [-0.3, -0.25) is 0 Å². The highest BCUT2D eigenvalue weighted by molar-refractivity contribution is 5.85. The SMILES string of the molecule is CC(COc1ccc2ccccc2c1)N(C)C.Cl. The van der Waals surface area contributed by atoms with E-state index >= 15 is 0 Å². The summed E-state index contributed by atoms with van der Waals surface area (Å²) < 4.78 is 5.80. The molecule has 0 saturated heterocycles. The van der Waals surface area contributed by atoms with Crippen LogP contribution in [0.25, 0.3) is 10.8 Å². The van der Waals surface area contributed by atoms with Gasteiger partial charge in [-0.05, 0) is 43.9 Å². The Morgan fingerprint density at radius 2 is 1.72 bits per heavy atom. The minimum atomic E-state index is 0. The molecule has 1 atom stereocenters. The molecule has 2 aromatic carbocycles. The molecule has 0 aliphatic rings. The molecule has 0 heterocycles. The van der Waals surface area contributed by atoms with Crippen molar-refractivity contribution in [2.45, 2.75) is 13.0 Å². The van der Waals surface area contributed by atoms with Crippen molar-refractivity contribution in [3.8, 4) is 5.75 Å². The summed E-state index contributed by atoms with van der Waals surface area (Å²) in [5, 5.41) is 2.48. The van der Waals surface area contributed by atoms with Crippen LogP contribution in [0.1, 0.15) is 6.92 Å². The Hall–Kier alpha value is -1.25. The van der Waals surface area contributed by atoms with Crippen LogP contribution in [0.4, 0.5) is 0 Å². The lowest BCUT2D eigenvalue weighted by molar-refractivity contribution is 0.198. The second kappa shape index (κ2) is 6.62. The van der Waals surface area contributed by atoms with Crippen molar-refractivity contribution < 1.29 is 4.74 Å². The van der Waals surface area contributed by atoms with Gasteiger partial charge in [-0.25, -0.2) is 0 Å². The fourth-order valence-corrected chi connectivity index (χ4v) is 1.62. The summed E-state index contributed by atoms with van der Waals surface area (Å²) in [7, 11) is 4.13. The van der Waals surface area contributed by atoms with Gasteiger partial charge in [-0.15, -0.1) is 12.4 Å². The number of hydrogen-bond acceptors (Lipinski definition) is 2. The molecule has 18 heavy (non-hydrogen) atoms. The van der Waals surface area contributed by atoms with Crippen LogP contribution in [0.3, 0.4) is 0 Å². The zero-order valence-electron chi connectivity index (χ0n) is 11.1. The molecule has 0 spiro atoms. The Labute approximate surface area is 115 Å². The second-order valence-corrected chi connectivity index (χ2v) is 4.63. The maximum atomic E-state index is 5.80. The molecule has 0 amide bonds. The van der Waals surface area contributed by atoms with E-state index in [9.17, 15) is 0 Å². The van der Waals surface area contributed by atoms with Gasteiger partial charge in [0, 0.05) is 6.04 Å². The Balaban J connectivity index is 0.00000162. The molecule has 0 aromatic heterocycles. The molecule has 0 saturated carbocycles. The first-order valence-electron chi connectivity index (χ1n) is 5.95. The summed E-state index contributed by atoms with van der Waals surface area (Å²) >= 11 is 0.